The Balaban J connectivity index is 1.53. The van der Waals surface area contributed by atoms with E-state index in [2.05, 4.69) is 17.4 Å². The topological polar surface area (TPSA) is 55.1 Å². The third-order valence-electron chi connectivity index (χ3n) is 4.00. The van der Waals surface area contributed by atoms with E-state index >= 15 is 0 Å². The molecule has 1 saturated carbocycles. The van der Waals surface area contributed by atoms with Crippen molar-refractivity contribution in [1.29, 1.82) is 0 Å². The molecular weight excluding hydrogens is 300 g/mol. The van der Waals surface area contributed by atoms with Gasteiger partial charge in [-0.05, 0) is 54.4 Å². The van der Waals surface area contributed by atoms with Crippen molar-refractivity contribution in [2.24, 2.45) is 11.7 Å². The molecule has 1 saturated heterocycles. The number of benzene rings is 1. The number of rotatable bonds is 5. The molecule has 1 heterocycles. The quantitative estimate of drug-likeness (QED) is 0.875. The summed E-state index contributed by atoms with van der Waals surface area (Å²) < 4.78 is 0.527. The molecule has 1 aromatic carbocycles. The predicted molar refractivity (Wildman–Crippen MR) is 91.7 cm³/mol. The van der Waals surface area contributed by atoms with E-state index in [4.69, 9.17) is 5.73 Å². The van der Waals surface area contributed by atoms with Gasteiger partial charge in [0.15, 0.2) is 0 Å². The van der Waals surface area contributed by atoms with E-state index in [0.717, 1.165) is 5.56 Å². The van der Waals surface area contributed by atoms with Gasteiger partial charge >= 0.3 is 0 Å². The van der Waals surface area contributed by atoms with E-state index in [9.17, 15) is 4.79 Å². The van der Waals surface area contributed by atoms with E-state index in [1.165, 1.54) is 36.3 Å². The Labute approximate surface area is 134 Å². The molecule has 2 aliphatic rings. The SMILES string of the molecule is NC(CNC(=O)c1ccc(C2SCCCS2)cc1)C1CC1. The fourth-order valence-electron chi connectivity index (χ4n) is 2.48. The summed E-state index contributed by atoms with van der Waals surface area (Å²) in [7, 11) is 0. The first-order valence-electron chi connectivity index (χ1n) is 7.61. The fraction of sp³-hybridized carbons (Fsp3) is 0.562. The number of carbonyl (C=O) groups is 1. The van der Waals surface area contributed by atoms with Gasteiger partial charge < -0.3 is 11.1 Å². The van der Waals surface area contributed by atoms with Gasteiger partial charge in [-0.2, -0.15) is 0 Å². The lowest BCUT2D eigenvalue weighted by molar-refractivity contribution is 0.0950. The Kier molecular flexibility index (Phi) is 5.14. The highest BCUT2D eigenvalue weighted by Gasteiger charge is 2.28. The van der Waals surface area contributed by atoms with Gasteiger partial charge in [0.25, 0.3) is 5.91 Å². The van der Waals surface area contributed by atoms with E-state index in [1.807, 2.05) is 35.7 Å². The van der Waals surface area contributed by atoms with Crippen LogP contribution in [0.1, 0.15) is 39.8 Å². The molecule has 1 aromatic rings. The van der Waals surface area contributed by atoms with Crippen molar-refractivity contribution in [2.45, 2.75) is 29.9 Å². The molecule has 21 heavy (non-hydrogen) atoms. The number of amides is 1. The van der Waals surface area contributed by atoms with Crippen LogP contribution in [0, 0.1) is 5.92 Å². The molecule has 3 rings (SSSR count). The standard InChI is InChI=1S/C16H22N2OS2/c17-14(11-2-3-11)10-18-15(19)12-4-6-13(7-5-12)16-20-8-1-9-21-16/h4-7,11,14,16H,1-3,8-10,17H2,(H,18,19). The van der Waals surface area contributed by atoms with Crippen LogP contribution in [0.25, 0.3) is 0 Å². The van der Waals surface area contributed by atoms with Gasteiger partial charge in [0.1, 0.15) is 0 Å². The zero-order valence-corrected chi connectivity index (χ0v) is 13.7. The van der Waals surface area contributed by atoms with Crippen LogP contribution in [0.2, 0.25) is 0 Å². The Morgan fingerprint density at radius 2 is 1.90 bits per heavy atom. The summed E-state index contributed by atoms with van der Waals surface area (Å²) in [5.41, 5.74) is 8.05. The van der Waals surface area contributed by atoms with Crippen molar-refractivity contribution in [1.82, 2.24) is 5.32 Å². The van der Waals surface area contributed by atoms with Gasteiger partial charge in [0, 0.05) is 18.2 Å². The smallest absolute Gasteiger partial charge is 0.251 e. The van der Waals surface area contributed by atoms with Crippen LogP contribution < -0.4 is 11.1 Å². The normalized spacial score (nSPS) is 21.0. The lowest BCUT2D eigenvalue weighted by atomic mass is 10.1. The number of nitrogens with two attached hydrogens (primary N) is 1. The van der Waals surface area contributed by atoms with Crippen LogP contribution in [0.15, 0.2) is 24.3 Å². The summed E-state index contributed by atoms with van der Waals surface area (Å²) >= 11 is 4.00. The van der Waals surface area contributed by atoms with E-state index in [1.54, 1.807) is 0 Å². The van der Waals surface area contributed by atoms with Gasteiger partial charge in [-0.25, -0.2) is 0 Å². The number of hydrogen-bond acceptors (Lipinski definition) is 4. The lowest BCUT2D eigenvalue weighted by Gasteiger charge is -2.21. The summed E-state index contributed by atoms with van der Waals surface area (Å²) in [4.78, 5) is 12.1. The van der Waals surface area contributed by atoms with E-state index < -0.39 is 0 Å². The number of nitrogens with one attached hydrogen (secondary N) is 1. The van der Waals surface area contributed by atoms with Gasteiger partial charge in [-0.1, -0.05) is 12.1 Å². The summed E-state index contributed by atoms with van der Waals surface area (Å²) in [6.45, 7) is 0.583. The fourth-order valence-corrected chi connectivity index (χ4v) is 5.37. The van der Waals surface area contributed by atoms with Crippen molar-refractivity contribution in [3.63, 3.8) is 0 Å². The predicted octanol–water partition coefficient (Wildman–Crippen LogP) is 3.02. The third-order valence-corrected chi connectivity index (χ3v) is 7.01. The number of carbonyl (C=O) groups excluding carboxylic acids is 1. The molecule has 1 atom stereocenters. The Morgan fingerprint density at radius 3 is 2.52 bits per heavy atom. The van der Waals surface area contributed by atoms with Gasteiger partial charge in [0.05, 0.1) is 4.58 Å². The highest BCUT2D eigenvalue weighted by Crippen LogP contribution is 2.43. The molecule has 5 heteroatoms. The molecule has 114 valence electrons. The third kappa shape index (κ3) is 4.18. The molecule has 1 aliphatic carbocycles. The molecule has 0 radical (unpaired) electrons. The largest absolute Gasteiger partial charge is 0.350 e. The molecule has 3 nitrogen and oxygen atoms in total. The second-order valence-electron chi connectivity index (χ2n) is 5.76. The molecule has 3 N–H and O–H groups in total. The average molecular weight is 322 g/mol. The first kappa shape index (κ1) is 15.3. The maximum Gasteiger partial charge on any atom is 0.251 e. The zero-order valence-electron chi connectivity index (χ0n) is 12.1. The molecule has 0 aromatic heterocycles. The van der Waals surface area contributed by atoms with Crippen LogP contribution >= 0.6 is 23.5 Å². The van der Waals surface area contributed by atoms with Crippen LogP contribution in [0.5, 0.6) is 0 Å². The molecule has 2 fully saturated rings. The minimum absolute atomic E-state index is 0.0124. The zero-order chi connectivity index (χ0) is 14.7. The highest BCUT2D eigenvalue weighted by atomic mass is 32.2. The summed E-state index contributed by atoms with van der Waals surface area (Å²) in [6, 6.07) is 8.16. The van der Waals surface area contributed by atoms with Gasteiger partial charge in [-0.15, -0.1) is 23.5 Å². The summed E-state index contributed by atoms with van der Waals surface area (Å²) in [6.07, 6.45) is 3.72. The van der Waals surface area contributed by atoms with Gasteiger partial charge in [-0.3, -0.25) is 4.79 Å². The van der Waals surface area contributed by atoms with Crippen LogP contribution in [-0.2, 0) is 0 Å². The van der Waals surface area contributed by atoms with Crippen molar-refractivity contribution < 1.29 is 4.79 Å². The Morgan fingerprint density at radius 1 is 1.24 bits per heavy atom. The van der Waals surface area contributed by atoms with Crippen LogP contribution in [0.3, 0.4) is 0 Å². The molecule has 1 aliphatic heterocycles. The Hall–Kier alpha value is -0.650. The monoisotopic (exact) mass is 322 g/mol. The van der Waals surface area contributed by atoms with Crippen LogP contribution in [-0.4, -0.2) is 30.0 Å². The summed E-state index contributed by atoms with van der Waals surface area (Å²) in [5, 5.41) is 2.94. The molecule has 0 bridgehead atoms. The average Bonchev–Trinajstić information content (AvgIpc) is 3.38. The number of hydrogen-bond donors (Lipinski definition) is 2. The molecule has 0 spiro atoms. The van der Waals surface area contributed by atoms with Crippen molar-refractivity contribution >= 4 is 29.4 Å². The maximum atomic E-state index is 12.1. The Bertz CT molecular complexity index is 482. The van der Waals surface area contributed by atoms with E-state index in [-0.39, 0.29) is 11.9 Å². The maximum absolute atomic E-state index is 12.1. The molecule has 1 unspecified atom stereocenters. The minimum Gasteiger partial charge on any atom is -0.350 e. The first-order valence-corrected chi connectivity index (χ1v) is 9.71. The minimum atomic E-state index is -0.0124. The summed E-state index contributed by atoms with van der Waals surface area (Å²) in [5.74, 6) is 3.08. The highest BCUT2D eigenvalue weighted by molar-refractivity contribution is 8.16. The first-order chi connectivity index (χ1) is 10.2. The molecule has 1 amide bonds. The van der Waals surface area contributed by atoms with Crippen molar-refractivity contribution in [3.8, 4) is 0 Å². The second-order valence-corrected chi connectivity index (χ2v) is 8.48. The van der Waals surface area contributed by atoms with Gasteiger partial charge in [0.2, 0.25) is 0 Å². The van der Waals surface area contributed by atoms with Crippen LogP contribution in [0.4, 0.5) is 0 Å². The molecular formula is C16H22N2OS2. The van der Waals surface area contributed by atoms with Crippen molar-refractivity contribution in [3.05, 3.63) is 35.4 Å². The number of thioether (sulfide) groups is 2. The van der Waals surface area contributed by atoms with E-state index in [0.29, 0.717) is 17.0 Å². The second kappa shape index (κ2) is 7.07. The lowest BCUT2D eigenvalue weighted by Crippen LogP contribution is -2.38. The van der Waals surface area contributed by atoms with Crippen molar-refractivity contribution in [2.75, 3.05) is 18.1 Å².